The minimum Gasteiger partial charge on any atom is -0.454 e. The van der Waals surface area contributed by atoms with E-state index in [-0.39, 0.29) is 30.6 Å². The van der Waals surface area contributed by atoms with E-state index in [0.717, 1.165) is 42.7 Å². The van der Waals surface area contributed by atoms with Gasteiger partial charge in [0.25, 0.3) is 0 Å². The summed E-state index contributed by atoms with van der Waals surface area (Å²) >= 11 is 0. The number of hydrogen-bond donors (Lipinski definition) is 0. The second kappa shape index (κ2) is 8.02. The number of ether oxygens (including phenoxy) is 2. The highest BCUT2D eigenvalue weighted by Crippen LogP contribution is 2.35. The predicted octanol–water partition coefficient (Wildman–Crippen LogP) is 3.33. The third-order valence-electron chi connectivity index (χ3n) is 6.24. The third-order valence-corrected chi connectivity index (χ3v) is 6.24. The molecule has 3 aliphatic rings. The number of piperidine rings is 1. The molecule has 1 saturated carbocycles. The summed E-state index contributed by atoms with van der Waals surface area (Å²) in [5.41, 5.74) is 1.05. The smallest absolute Gasteiger partial charge is 0.231 e. The summed E-state index contributed by atoms with van der Waals surface area (Å²) in [6, 6.07) is 6.48. The predicted molar refractivity (Wildman–Crippen MR) is 105 cm³/mol. The molecule has 0 bridgehead atoms. The Morgan fingerprint density at radius 1 is 1.18 bits per heavy atom. The summed E-state index contributed by atoms with van der Waals surface area (Å²) in [6.45, 7) is 5.67. The van der Waals surface area contributed by atoms with Gasteiger partial charge in [0.2, 0.25) is 18.6 Å². The van der Waals surface area contributed by atoms with Crippen molar-refractivity contribution >= 4 is 11.8 Å². The van der Waals surface area contributed by atoms with Gasteiger partial charge in [-0.05, 0) is 49.8 Å². The highest BCUT2D eigenvalue weighted by Gasteiger charge is 2.40. The molecule has 1 aromatic rings. The molecule has 2 aliphatic heterocycles. The number of likely N-dealkylation sites (tertiary alicyclic amines) is 1. The summed E-state index contributed by atoms with van der Waals surface area (Å²) in [4.78, 5) is 29.7. The van der Waals surface area contributed by atoms with Gasteiger partial charge in [0, 0.05) is 31.6 Å². The van der Waals surface area contributed by atoms with Crippen molar-refractivity contribution in [1.29, 1.82) is 0 Å². The third kappa shape index (κ3) is 3.82. The van der Waals surface area contributed by atoms with E-state index >= 15 is 0 Å². The molecule has 0 spiro atoms. The molecule has 4 rings (SSSR count). The quantitative estimate of drug-likeness (QED) is 0.721. The molecule has 1 aliphatic carbocycles. The normalized spacial score (nSPS) is 21.3. The lowest BCUT2D eigenvalue weighted by atomic mass is 9.94. The molecular weight excluding hydrogens is 356 g/mol. The summed E-state index contributed by atoms with van der Waals surface area (Å²) in [7, 11) is 0. The molecule has 2 fully saturated rings. The van der Waals surface area contributed by atoms with Crippen LogP contribution in [0.1, 0.15) is 57.9 Å². The minimum absolute atomic E-state index is 0.0899. The van der Waals surface area contributed by atoms with Crippen LogP contribution in [0.3, 0.4) is 0 Å². The zero-order chi connectivity index (χ0) is 19.7. The van der Waals surface area contributed by atoms with Gasteiger partial charge in [-0.1, -0.05) is 19.9 Å². The molecule has 0 aromatic heterocycles. The zero-order valence-electron chi connectivity index (χ0n) is 16.9. The van der Waals surface area contributed by atoms with Crippen molar-refractivity contribution < 1.29 is 19.1 Å². The van der Waals surface area contributed by atoms with Crippen molar-refractivity contribution in [1.82, 2.24) is 9.80 Å². The maximum atomic E-state index is 13.5. The standard InChI is InChI=1S/C22H30N2O4/c1-3-17(4-2)24(12-15-5-9-19-20(11-15)28-14-27-19)22(26)16-6-10-21(25)23(13-16)18-7-8-18/h5,9,11,16-18H,3-4,6-8,10,12-14H2,1-2H3/t16-/m0/s1. The summed E-state index contributed by atoms with van der Waals surface area (Å²) in [5.74, 6) is 1.82. The van der Waals surface area contributed by atoms with Gasteiger partial charge in [0.1, 0.15) is 0 Å². The average Bonchev–Trinajstić information content (AvgIpc) is 3.45. The van der Waals surface area contributed by atoms with Gasteiger partial charge in [-0.25, -0.2) is 0 Å². The average molecular weight is 386 g/mol. The topological polar surface area (TPSA) is 59.1 Å². The highest BCUT2D eigenvalue weighted by molar-refractivity contribution is 5.84. The Balaban J connectivity index is 1.52. The Labute approximate surface area is 166 Å². The Kier molecular flexibility index (Phi) is 5.47. The Hall–Kier alpha value is -2.24. The van der Waals surface area contributed by atoms with Gasteiger partial charge in [-0.15, -0.1) is 0 Å². The molecule has 152 valence electrons. The van der Waals surface area contributed by atoms with Crippen LogP contribution in [0, 0.1) is 5.92 Å². The number of rotatable bonds is 7. The molecular formula is C22H30N2O4. The molecule has 6 heteroatoms. The molecule has 1 atom stereocenters. The van der Waals surface area contributed by atoms with E-state index in [4.69, 9.17) is 9.47 Å². The molecule has 0 N–H and O–H groups in total. The number of carbonyl (C=O) groups excluding carboxylic acids is 2. The Morgan fingerprint density at radius 3 is 2.64 bits per heavy atom. The van der Waals surface area contributed by atoms with Crippen LogP contribution < -0.4 is 9.47 Å². The second-order valence-electron chi connectivity index (χ2n) is 8.14. The van der Waals surface area contributed by atoms with Crippen LogP contribution in [0.4, 0.5) is 0 Å². The summed E-state index contributed by atoms with van der Waals surface area (Å²) in [5, 5.41) is 0. The first-order valence-electron chi connectivity index (χ1n) is 10.6. The number of hydrogen-bond acceptors (Lipinski definition) is 4. The van der Waals surface area contributed by atoms with Crippen molar-refractivity contribution in [2.24, 2.45) is 5.92 Å². The molecule has 1 saturated heterocycles. The van der Waals surface area contributed by atoms with E-state index in [2.05, 4.69) is 13.8 Å². The molecule has 6 nitrogen and oxygen atoms in total. The summed E-state index contributed by atoms with van der Waals surface area (Å²) < 4.78 is 10.9. The molecule has 0 radical (unpaired) electrons. The van der Waals surface area contributed by atoms with Gasteiger partial charge in [0.15, 0.2) is 11.5 Å². The highest BCUT2D eigenvalue weighted by atomic mass is 16.7. The largest absolute Gasteiger partial charge is 0.454 e. The van der Waals surface area contributed by atoms with Gasteiger partial charge >= 0.3 is 0 Å². The van der Waals surface area contributed by atoms with Crippen molar-refractivity contribution in [3.63, 3.8) is 0 Å². The van der Waals surface area contributed by atoms with Gasteiger partial charge in [0.05, 0.1) is 5.92 Å². The van der Waals surface area contributed by atoms with Gasteiger partial charge in [-0.2, -0.15) is 0 Å². The fourth-order valence-corrected chi connectivity index (χ4v) is 4.40. The first-order chi connectivity index (χ1) is 13.6. The fourth-order valence-electron chi connectivity index (χ4n) is 4.40. The number of carbonyl (C=O) groups is 2. The number of nitrogens with zero attached hydrogens (tertiary/aromatic N) is 2. The molecule has 2 heterocycles. The minimum atomic E-state index is -0.0899. The molecule has 28 heavy (non-hydrogen) atoms. The zero-order valence-corrected chi connectivity index (χ0v) is 16.9. The SMILES string of the molecule is CCC(CC)N(Cc1ccc2c(c1)OCO2)C(=O)[C@H]1CCC(=O)N(C2CC2)C1. The van der Waals surface area contributed by atoms with Crippen LogP contribution in [-0.2, 0) is 16.1 Å². The molecule has 2 amide bonds. The molecule has 0 unspecified atom stereocenters. The van der Waals surface area contributed by atoms with E-state index in [1.165, 1.54) is 0 Å². The van der Waals surface area contributed by atoms with Crippen molar-refractivity contribution in [3.8, 4) is 11.5 Å². The van der Waals surface area contributed by atoms with Crippen LogP contribution in [0.5, 0.6) is 11.5 Å². The lowest BCUT2D eigenvalue weighted by molar-refractivity contribution is -0.145. The van der Waals surface area contributed by atoms with Crippen molar-refractivity contribution in [2.45, 2.75) is 71.0 Å². The van der Waals surface area contributed by atoms with E-state index < -0.39 is 0 Å². The van der Waals surface area contributed by atoms with Crippen LogP contribution in [-0.4, -0.2) is 47.0 Å². The summed E-state index contributed by atoms with van der Waals surface area (Å²) in [6.07, 6.45) is 5.17. The monoisotopic (exact) mass is 386 g/mol. The lowest BCUT2D eigenvalue weighted by Gasteiger charge is -2.38. The van der Waals surface area contributed by atoms with Gasteiger partial charge in [-0.3, -0.25) is 9.59 Å². The van der Waals surface area contributed by atoms with Crippen LogP contribution in [0.15, 0.2) is 18.2 Å². The molecule has 1 aromatic carbocycles. The maximum Gasteiger partial charge on any atom is 0.231 e. The van der Waals surface area contributed by atoms with E-state index in [1.54, 1.807) is 0 Å². The van der Waals surface area contributed by atoms with E-state index in [0.29, 0.717) is 32.0 Å². The Morgan fingerprint density at radius 2 is 1.93 bits per heavy atom. The van der Waals surface area contributed by atoms with Crippen LogP contribution in [0.25, 0.3) is 0 Å². The number of fused-ring (bicyclic) bond motifs is 1. The van der Waals surface area contributed by atoms with E-state index in [9.17, 15) is 9.59 Å². The first kappa shape index (κ1) is 19.1. The second-order valence-corrected chi connectivity index (χ2v) is 8.14. The van der Waals surface area contributed by atoms with Crippen LogP contribution in [0.2, 0.25) is 0 Å². The number of benzene rings is 1. The maximum absolute atomic E-state index is 13.5. The van der Waals surface area contributed by atoms with Crippen molar-refractivity contribution in [3.05, 3.63) is 23.8 Å². The van der Waals surface area contributed by atoms with Gasteiger partial charge < -0.3 is 19.3 Å². The first-order valence-corrected chi connectivity index (χ1v) is 10.6. The van der Waals surface area contributed by atoms with Crippen molar-refractivity contribution in [2.75, 3.05) is 13.3 Å². The Bertz CT molecular complexity index is 742. The fraction of sp³-hybridized carbons (Fsp3) is 0.636. The number of amides is 2. The lowest BCUT2D eigenvalue weighted by Crippen LogP contribution is -2.50. The van der Waals surface area contributed by atoms with E-state index in [1.807, 2.05) is 28.0 Å². The van der Waals surface area contributed by atoms with Crippen LogP contribution >= 0.6 is 0 Å².